The minimum atomic E-state index is -1.17. The lowest BCUT2D eigenvalue weighted by molar-refractivity contribution is -0.143. The maximum Gasteiger partial charge on any atom is 0.326 e. The molecule has 0 saturated heterocycles. The van der Waals surface area contributed by atoms with Gasteiger partial charge < -0.3 is 37.6 Å². The number of aliphatic carboxylic acids is 1. The first-order valence-corrected chi connectivity index (χ1v) is 10.6. The summed E-state index contributed by atoms with van der Waals surface area (Å²) in [6.07, 6.45) is 1.73. The van der Waals surface area contributed by atoms with Crippen molar-refractivity contribution < 1.29 is 29.4 Å². The number of carboxylic acids is 1. The maximum atomic E-state index is 12.9. The summed E-state index contributed by atoms with van der Waals surface area (Å²) in [6.45, 7) is 6.90. The van der Waals surface area contributed by atoms with Crippen LogP contribution < -0.4 is 27.4 Å². The fourth-order valence-electron chi connectivity index (χ4n) is 2.87. The molecule has 0 aromatic carbocycles. The predicted molar refractivity (Wildman–Crippen MR) is 116 cm³/mol. The summed E-state index contributed by atoms with van der Waals surface area (Å²) < 4.78 is 0. The van der Waals surface area contributed by atoms with Crippen molar-refractivity contribution in [1.82, 2.24) is 16.0 Å². The zero-order valence-corrected chi connectivity index (χ0v) is 18.9. The molecule has 180 valence electrons. The van der Waals surface area contributed by atoms with E-state index in [2.05, 4.69) is 16.0 Å². The Morgan fingerprint density at radius 1 is 0.871 bits per heavy atom. The van der Waals surface area contributed by atoms with Gasteiger partial charge in [0.05, 0.1) is 6.61 Å². The lowest BCUT2D eigenvalue weighted by atomic mass is 10.0. The second-order valence-corrected chi connectivity index (χ2v) is 8.39. The number of nitrogens with one attached hydrogen (secondary N) is 3. The van der Waals surface area contributed by atoms with E-state index in [4.69, 9.17) is 16.6 Å². The molecule has 3 amide bonds. The third-order valence-electron chi connectivity index (χ3n) is 4.68. The molecule has 0 heterocycles. The Bertz CT molecular complexity index is 599. The fourth-order valence-corrected chi connectivity index (χ4v) is 2.87. The van der Waals surface area contributed by atoms with Crippen LogP contribution in [-0.2, 0) is 19.2 Å². The number of carbonyl (C=O) groups is 4. The summed E-state index contributed by atoms with van der Waals surface area (Å²) in [6, 6.07) is -4.23. The number of unbranched alkanes of at least 4 members (excludes halogenated alkanes) is 1. The molecule has 0 aromatic rings. The van der Waals surface area contributed by atoms with Gasteiger partial charge in [0.25, 0.3) is 0 Å². The average Bonchev–Trinajstić information content (AvgIpc) is 2.68. The molecule has 0 bridgehead atoms. The third kappa shape index (κ3) is 11.1. The highest BCUT2D eigenvalue weighted by atomic mass is 16.4. The van der Waals surface area contributed by atoms with E-state index in [0.29, 0.717) is 19.4 Å². The van der Waals surface area contributed by atoms with E-state index in [0.717, 1.165) is 0 Å². The Balaban J connectivity index is 5.45. The molecule has 11 nitrogen and oxygen atoms in total. The van der Waals surface area contributed by atoms with E-state index in [-0.39, 0.29) is 24.7 Å². The quantitative estimate of drug-likeness (QED) is 0.150. The smallest absolute Gasteiger partial charge is 0.326 e. The van der Waals surface area contributed by atoms with Crippen LogP contribution in [0, 0.1) is 11.8 Å². The molecule has 4 unspecified atom stereocenters. The van der Waals surface area contributed by atoms with E-state index in [1.807, 2.05) is 13.8 Å². The van der Waals surface area contributed by atoms with Crippen molar-refractivity contribution in [3.05, 3.63) is 0 Å². The van der Waals surface area contributed by atoms with E-state index in [1.165, 1.54) is 0 Å². The van der Waals surface area contributed by atoms with Crippen molar-refractivity contribution in [1.29, 1.82) is 0 Å². The minimum Gasteiger partial charge on any atom is -0.480 e. The van der Waals surface area contributed by atoms with Crippen molar-refractivity contribution in [2.24, 2.45) is 23.3 Å². The Morgan fingerprint density at radius 3 is 1.87 bits per heavy atom. The van der Waals surface area contributed by atoms with Crippen LogP contribution in [0.5, 0.6) is 0 Å². The number of carboxylic acid groups (broad SMARTS) is 1. The van der Waals surface area contributed by atoms with E-state index in [9.17, 15) is 24.3 Å². The number of aliphatic hydroxyl groups excluding tert-OH is 1. The van der Waals surface area contributed by atoms with Gasteiger partial charge in [-0.2, -0.15) is 0 Å². The summed E-state index contributed by atoms with van der Waals surface area (Å²) >= 11 is 0. The molecule has 0 aliphatic heterocycles. The molecule has 9 N–H and O–H groups in total. The van der Waals surface area contributed by atoms with Crippen LogP contribution in [0.2, 0.25) is 0 Å². The monoisotopic (exact) mass is 445 g/mol. The topological polar surface area (TPSA) is 197 Å². The SMILES string of the molecule is CC(C)CC(NC(=O)C(N)CO)C(=O)NC(CCCCN)C(=O)NC(C(=O)O)C(C)C. The largest absolute Gasteiger partial charge is 0.480 e. The molecule has 4 atom stereocenters. The van der Waals surface area contributed by atoms with Gasteiger partial charge in [-0.15, -0.1) is 0 Å². The molecule has 0 rings (SSSR count). The Kier molecular flexibility index (Phi) is 13.6. The first-order chi connectivity index (χ1) is 14.4. The number of aliphatic hydroxyl groups is 1. The van der Waals surface area contributed by atoms with Crippen molar-refractivity contribution in [2.75, 3.05) is 13.2 Å². The zero-order chi connectivity index (χ0) is 24.1. The number of nitrogens with two attached hydrogens (primary N) is 2. The molecule has 0 radical (unpaired) electrons. The highest BCUT2D eigenvalue weighted by Gasteiger charge is 2.31. The van der Waals surface area contributed by atoms with Gasteiger partial charge in [0, 0.05) is 0 Å². The second kappa shape index (κ2) is 14.7. The zero-order valence-electron chi connectivity index (χ0n) is 18.9. The van der Waals surface area contributed by atoms with Crippen molar-refractivity contribution in [3.63, 3.8) is 0 Å². The van der Waals surface area contributed by atoms with Gasteiger partial charge in [0.15, 0.2) is 0 Å². The third-order valence-corrected chi connectivity index (χ3v) is 4.68. The lowest BCUT2D eigenvalue weighted by Gasteiger charge is -2.26. The van der Waals surface area contributed by atoms with Crippen molar-refractivity contribution in [2.45, 2.75) is 77.5 Å². The van der Waals surface area contributed by atoms with Gasteiger partial charge in [-0.3, -0.25) is 14.4 Å². The highest BCUT2D eigenvalue weighted by Crippen LogP contribution is 2.09. The molecule has 0 spiro atoms. The summed E-state index contributed by atoms with van der Waals surface area (Å²) in [5.74, 6) is -3.36. The van der Waals surface area contributed by atoms with E-state index >= 15 is 0 Å². The van der Waals surface area contributed by atoms with Gasteiger partial charge in [0.1, 0.15) is 24.2 Å². The number of hydrogen-bond acceptors (Lipinski definition) is 7. The van der Waals surface area contributed by atoms with Crippen LogP contribution in [0.25, 0.3) is 0 Å². The van der Waals surface area contributed by atoms with Crippen molar-refractivity contribution in [3.8, 4) is 0 Å². The standard InChI is InChI=1S/C20H39N5O6/c1-11(2)9-15(24-17(27)13(22)10-26)19(29)23-14(7-5-6-8-21)18(28)25-16(12(3)4)20(30)31/h11-16,26H,5-10,21-22H2,1-4H3,(H,23,29)(H,24,27)(H,25,28)(H,30,31). The van der Waals surface area contributed by atoms with Gasteiger partial charge in [-0.1, -0.05) is 27.7 Å². The Morgan fingerprint density at radius 2 is 1.42 bits per heavy atom. The number of carbonyl (C=O) groups excluding carboxylic acids is 3. The van der Waals surface area contributed by atoms with E-state index < -0.39 is 54.5 Å². The van der Waals surface area contributed by atoms with Crippen LogP contribution in [0.3, 0.4) is 0 Å². The molecule has 11 heteroatoms. The Labute approximate surface area is 183 Å². The second-order valence-electron chi connectivity index (χ2n) is 8.39. The summed E-state index contributed by atoms with van der Waals surface area (Å²) in [5, 5.41) is 26.0. The van der Waals surface area contributed by atoms with Crippen LogP contribution >= 0.6 is 0 Å². The fraction of sp³-hybridized carbons (Fsp3) is 0.800. The van der Waals surface area contributed by atoms with Crippen LogP contribution in [0.1, 0.15) is 53.4 Å². The first-order valence-electron chi connectivity index (χ1n) is 10.6. The highest BCUT2D eigenvalue weighted by molar-refractivity contribution is 5.94. The number of rotatable bonds is 15. The molecule has 0 saturated carbocycles. The predicted octanol–water partition coefficient (Wildman–Crippen LogP) is -1.32. The summed E-state index contributed by atoms with van der Waals surface area (Å²) in [7, 11) is 0. The van der Waals surface area contributed by atoms with Crippen LogP contribution in [-0.4, -0.2) is 71.2 Å². The summed E-state index contributed by atoms with van der Waals surface area (Å²) in [5.41, 5.74) is 11.0. The number of amides is 3. The van der Waals surface area contributed by atoms with Gasteiger partial charge in [-0.25, -0.2) is 4.79 Å². The average molecular weight is 446 g/mol. The lowest BCUT2D eigenvalue weighted by Crippen LogP contribution is -2.58. The van der Waals surface area contributed by atoms with Crippen molar-refractivity contribution >= 4 is 23.7 Å². The van der Waals surface area contributed by atoms with Gasteiger partial charge in [0.2, 0.25) is 17.7 Å². The molecule has 31 heavy (non-hydrogen) atoms. The van der Waals surface area contributed by atoms with Crippen LogP contribution in [0.4, 0.5) is 0 Å². The molecule has 0 aliphatic rings. The molecule has 0 aliphatic carbocycles. The van der Waals surface area contributed by atoms with Gasteiger partial charge in [-0.05, 0) is 44.1 Å². The molecule has 0 aromatic heterocycles. The van der Waals surface area contributed by atoms with Crippen LogP contribution in [0.15, 0.2) is 0 Å². The molecule has 0 fully saturated rings. The van der Waals surface area contributed by atoms with E-state index in [1.54, 1.807) is 13.8 Å². The van der Waals surface area contributed by atoms with Gasteiger partial charge >= 0.3 is 5.97 Å². The Hall–Kier alpha value is -2.24. The number of hydrogen-bond donors (Lipinski definition) is 7. The normalized spacial score (nSPS) is 15.1. The first kappa shape index (κ1) is 28.8. The summed E-state index contributed by atoms with van der Waals surface area (Å²) in [4.78, 5) is 49.1. The molecular weight excluding hydrogens is 406 g/mol. The maximum absolute atomic E-state index is 12.9. The minimum absolute atomic E-state index is 0.0447. The molecular formula is C20H39N5O6.